The number of sulfonamides is 1. The van der Waals surface area contributed by atoms with Crippen molar-refractivity contribution in [3.8, 4) is 6.07 Å². The first-order valence-electron chi connectivity index (χ1n) is 6.97. The average molecular weight is 300 g/mol. The lowest BCUT2D eigenvalue weighted by Crippen LogP contribution is -2.44. The van der Waals surface area contributed by atoms with E-state index in [0.717, 1.165) is 19.3 Å². The summed E-state index contributed by atoms with van der Waals surface area (Å²) in [5.41, 5.74) is 0. The van der Waals surface area contributed by atoms with Gasteiger partial charge in [0.15, 0.2) is 0 Å². The predicted octanol–water partition coefficient (Wildman–Crippen LogP) is 1.04. The second kappa shape index (κ2) is 6.10. The van der Waals surface area contributed by atoms with Gasteiger partial charge in [0.2, 0.25) is 10.0 Å². The standard InChI is InChI=1S/C13H20N2O4S/c1-19-13(16)11-4-2-5-12(11)20(17,18)15(9-3-8-14)10-6-7-10/h10-12H,2-7,9H2,1H3. The van der Waals surface area contributed by atoms with E-state index in [1.54, 1.807) is 0 Å². The molecule has 2 atom stereocenters. The molecule has 0 spiro atoms. The van der Waals surface area contributed by atoms with Crippen molar-refractivity contribution in [3.63, 3.8) is 0 Å². The molecular formula is C13H20N2O4S. The largest absolute Gasteiger partial charge is 0.469 e. The minimum atomic E-state index is -3.53. The van der Waals surface area contributed by atoms with Crippen LogP contribution in [0, 0.1) is 17.2 Å². The number of esters is 1. The maximum Gasteiger partial charge on any atom is 0.310 e. The van der Waals surface area contributed by atoms with Gasteiger partial charge in [-0.1, -0.05) is 6.42 Å². The molecule has 0 aromatic rings. The number of rotatable bonds is 6. The Hall–Kier alpha value is -1.13. The van der Waals surface area contributed by atoms with E-state index in [2.05, 4.69) is 0 Å². The van der Waals surface area contributed by atoms with Crippen LogP contribution >= 0.6 is 0 Å². The van der Waals surface area contributed by atoms with Crippen LogP contribution in [0.15, 0.2) is 0 Å². The zero-order valence-corrected chi connectivity index (χ0v) is 12.4. The van der Waals surface area contributed by atoms with E-state index < -0.39 is 27.2 Å². The molecule has 0 N–H and O–H groups in total. The van der Waals surface area contributed by atoms with Crippen LogP contribution in [-0.4, -0.2) is 43.6 Å². The number of carbonyl (C=O) groups excluding carboxylic acids is 1. The first kappa shape index (κ1) is 15.3. The van der Waals surface area contributed by atoms with Gasteiger partial charge in [0.05, 0.1) is 24.3 Å². The third kappa shape index (κ3) is 2.96. The van der Waals surface area contributed by atoms with Crippen molar-refractivity contribution < 1.29 is 17.9 Å². The highest BCUT2D eigenvalue weighted by molar-refractivity contribution is 7.89. The monoisotopic (exact) mass is 300 g/mol. The lowest BCUT2D eigenvalue weighted by molar-refractivity contribution is -0.145. The number of methoxy groups -OCH3 is 1. The summed E-state index contributed by atoms with van der Waals surface area (Å²) in [6.07, 6.45) is 3.66. The van der Waals surface area contributed by atoms with Gasteiger partial charge in [-0.2, -0.15) is 9.57 Å². The highest BCUT2D eigenvalue weighted by Crippen LogP contribution is 2.38. The molecule has 20 heavy (non-hydrogen) atoms. The van der Waals surface area contributed by atoms with E-state index in [0.29, 0.717) is 12.8 Å². The van der Waals surface area contributed by atoms with E-state index in [1.807, 2.05) is 6.07 Å². The van der Waals surface area contributed by atoms with Crippen molar-refractivity contribution >= 4 is 16.0 Å². The van der Waals surface area contributed by atoms with Crippen LogP contribution in [0.25, 0.3) is 0 Å². The molecule has 7 heteroatoms. The van der Waals surface area contributed by atoms with Crippen LogP contribution in [0.2, 0.25) is 0 Å². The van der Waals surface area contributed by atoms with Crippen LogP contribution in [0.3, 0.4) is 0 Å². The smallest absolute Gasteiger partial charge is 0.310 e. The first-order chi connectivity index (χ1) is 9.52. The molecule has 0 aliphatic heterocycles. The Morgan fingerprint density at radius 1 is 1.35 bits per heavy atom. The van der Waals surface area contributed by atoms with Crippen molar-refractivity contribution in [2.45, 2.75) is 49.8 Å². The second-order valence-electron chi connectivity index (χ2n) is 5.39. The van der Waals surface area contributed by atoms with Crippen LogP contribution in [0.5, 0.6) is 0 Å². The Kier molecular flexibility index (Phi) is 4.66. The molecule has 0 heterocycles. The fraction of sp³-hybridized carbons (Fsp3) is 0.846. The highest BCUT2D eigenvalue weighted by atomic mass is 32.2. The van der Waals surface area contributed by atoms with E-state index in [4.69, 9.17) is 10.00 Å². The summed E-state index contributed by atoms with van der Waals surface area (Å²) in [6, 6.07) is 2.01. The molecular weight excluding hydrogens is 280 g/mol. The first-order valence-corrected chi connectivity index (χ1v) is 8.48. The number of hydrogen-bond donors (Lipinski definition) is 0. The van der Waals surface area contributed by atoms with Gasteiger partial charge in [0.1, 0.15) is 0 Å². The molecule has 0 bridgehead atoms. The minimum absolute atomic E-state index is 0.0206. The van der Waals surface area contributed by atoms with Crippen molar-refractivity contribution in [2.24, 2.45) is 5.92 Å². The van der Waals surface area contributed by atoms with Gasteiger partial charge >= 0.3 is 5.97 Å². The van der Waals surface area contributed by atoms with Gasteiger partial charge in [-0.3, -0.25) is 4.79 Å². The summed E-state index contributed by atoms with van der Waals surface area (Å²) in [4.78, 5) is 11.7. The van der Waals surface area contributed by atoms with Gasteiger partial charge < -0.3 is 4.74 Å². The molecule has 2 aliphatic carbocycles. The molecule has 0 radical (unpaired) electrons. The lowest BCUT2D eigenvalue weighted by atomic mass is 10.1. The third-order valence-electron chi connectivity index (χ3n) is 4.06. The summed E-state index contributed by atoms with van der Waals surface area (Å²) in [7, 11) is -2.24. The van der Waals surface area contributed by atoms with Crippen molar-refractivity contribution in [1.82, 2.24) is 4.31 Å². The van der Waals surface area contributed by atoms with Gasteiger partial charge in [-0.15, -0.1) is 0 Å². The van der Waals surface area contributed by atoms with Crippen LogP contribution < -0.4 is 0 Å². The van der Waals surface area contributed by atoms with Crippen LogP contribution in [0.4, 0.5) is 0 Å². The lowest BCUT2D eigenvalue weighted by Gasteiger charge is -2.27. The maximum absolute atomic E-state index is 12.8. The molecule has 2 rings (SSSR count). The Morgan fingerprint density at radius 3 is 2.60 bits per heavy atom. The highest BCUT2D eigenvalue weighted by Gasteiger charge is 2.48. The number of carbonyl (C=O) groups is 1. The van der Waals surface area contributed by atoms with E-state index in [9.17, 15) is 13.2 Å². The van der Waals surface area contributed by atoms with E-state index in [-0.39, 0.29) is 19.0 Å². The quantitative estimate of drug-likeness (QED) is 0.684. The molecule has 0 aromatic carbocycles. The molecule has 0 saturated heterocycles. The number of nitriles is 1. The Balaban J connectivity index is 2.18. The fourth-order valence-electron chi connectivity index (χ4n) is 2.92. The van der Waals surface area contributed by atoms with Crippen molar-refractivity contribution in [2.75, 3.05) is 13.7 Å². The summed E-state index contributed by atoms with van der Waals surface area (Å²) in [6.45, 7) is 0.230. The number of ether oxygens (including phenoxy) is 1. The van der Waals surface area contributed by atoms with Gasteiger partial charge in [-0.25, -0.2) is 8.42 Å². The normalized spacial score (nSPS) is 26.4. The average Bonchev–Trinajstić information content (AvgIpc) is 3.12. The molecule has 0 amide bonds. The Bertz CT molecular complexity index is 507. The predicted molar refractivity (Wildman–Crippen MR) is 72.0 cm³/mol. The van der Waals surface area contributed by atoms with Gasteiger partial charge in [0, 0.05) is 19.0 Å². The van der Waals surface area contributed by atoms with Crippen molar-refractivity contribution in [1.29, 1.82) is 5.26 Å². The zero-order valence-electron chi connectivity index (χ0n) is 11.6. The topological polar surface area (TPSA) is 87.5 Å². The molecule has 6 nitrogen and oxygen atoms in total. The van der Waals surface area contributed by atoms with Gasteiger partial charge in [-0.05, 0) is 25.7 Å². The minimum Gasteiger partial charge on any atom is -0.469 e. The van der Waals surface area contributed by atoms with Gasteiger partial charge in [0.25, 0.3) is 0 Å². The Labute approximate surface area is 119 Å². The summed E-state index contributed by atoms with van der Waals surface area (Å²) in [5.74, 6) is -1.000. The summed E-state index contributed by atoms with van der Waals surface area (Å²) >= 11 is 0. The zero-order chi connectivity index (χ0) is 14.8. The maximum atomic E-state index is 12.8. The summed E-state index contributed by atoms with van der Waals surface area (Å²) in [5, 5.41) is 8.00. The number of nitrogens with zero attached hydrogens (tertiary/aromatic N) is 2. The van der Waals surface area contributed by atoms with E-state index >= 15 is 0 Å². The Morgan fingerprint density at radius 2 is 2.05 bits per heavy atom. The van der Waals surface area contributed by atoms with Crippen molar-refractivity contribution in [3.05, 3.63) is 0 Å². The fourth-order valence-corrected chi connectivity index (χ4v) is 5.36. The number of hydrogen-bond acceptors (Lipinski definition) is 5. The van der Waals surface area contributed by atoms with Crippen LogP contribution in [0.1, 0.15) is 38.5 Å². The molecule has 2 saturated carbocycles. The SMILES string of the molecule is COC(=O)C1CCCC1S(=O)(=O)N(CCC#N)C1CC1. The molecule has 112 valence electrons. The second-order valence-corrected chi connectivity index (χ2v) is 7.50. The van der Waals surface area contributed by atoms with E-state index in [1.165, 1.54) is 11.4 Å². The molecule has 2 aliphatic rings. The third-order valence-corrected chi connectivity index (χ3v) is 6.53. The summed E-state index contributed by atoms with van der Waals surface area (Å²) < 4.78 is 31.7. The van der Waals surface area contributed by atoms with Crippen LogP contribution in [-0.2, 0) is 19.6 Å². The molecule has 2 unspecified atom stereocenters. The molecule has 0 aromatic heterocycles. The molecule has 2 fully saturated rings.